The van der Waals surface area contributed by atoms with E-state index in [2.05, 4.69) is 16.0 Å². The number of rotatable bonds is 6. The summed E-state index contributed by atoms with van der Waals surface area (Å²) in [5, 5.41) is 8.44. The summed E-state index contributed by atoms with van der Waals surface area (Å²) in [6, 6.07) is 13.0. The highest BCUT2D eigenvalue weighted by Gasteiger charge is 2.17. The molecule has 152 valence electrons. The van der Waals surface area contributed by atoms with Crippen molar-refractivity contribution in [2.24, 2.45) is 0 Å². The van der Waals surface area contributed by atoms with Crippen LogP contribution in [0.25, 0.3) is 0 Å². The van der Waals surface area contributed by atoms with Gasteiger partial charge in [-0.15, -0.1) is 0 Å². The van der Waals surface area contributed by atoms with Crippen molar-refractivity contribution in [3.05, 3.63) is 59.7 Å². The zero-order chi connectivity index (χ0) is 20.6. The van der Waals surface area contributed by atoms with Gasteiger partial charge in [0.1, 0.15) is 0 Å². The van der Waals surface area contributed by atoms with Crippen molar-refractivity contribution >= 4 is 29.3 Å². The van der Waals surface area contributed by atoms with Crippen molar-refractivity contribution in [2.45, 2.75) is 38.6 Å². The molecular weight excluding hydrogens is 370 g/mol. The number of anilines is 2. The number of urea groups is 1. The van der Waals surface area contributed by atoms with E-state index in [1.54, 1.807) is 55.5 Å². The lowest BCUT2D eigenvalue weighted by atomic mass is 10.1. The van der Waals surface area contributed by atoms with E-state index >= 15 is 0 Å². The number of benzene rings is 2. The summed E-state index contributed by atoms with van der Waals surface area (Å²) in [7, 11) is 0. The third kappa shape index (κ3) is 5.81. The molecule has 1 fully saturated rings. The molecule has 7 heteroatoms. The number of amides is 3. The third-order valence-electron chi connectivity index (χ3n) is 4.75. The van der Waals surface area contributed by atoms with E-state index in [1.165, 1.54) is 0 Å². The molecule has 0 aromatic heterocycles. The Kier molecular flexibility index (Phi) is 6.84. The van der Waals surface area contributed by atoms with Gasteiger partial charge in [0.05, 0.1) is 12.2 Å². The lowest BCUT2D eigenvalue weighted by Gasteiger charge is -2.12. The molecule has 0 bridgehead atoms. The van der Waals surface area contributed by atoms with Crippen LogP contribution in [0, 0.1) is 0 Å². The van der Waals surface area contributed by atoms with Crippen LogP contribution in [0.5, 0.6) is 0 Å². The van der Waals surface area contributed by atoms with Crippen LogP contribution in [0.2, 0.25) is 0 Å². The van der Waals surface area contributed by atoms with Crippen molar-refractivity contribution in [1.82, 2.24) is 5.32 Å². The quantitative estimate of drug-likeness (QED) is 0.639. The number of carbonyl (C=O) groups is 3. The van der Waals surface area contributed by atoms with Gasteiger partial charge in [0.2, 0.25) is 0 Å². The first-order valence-corrected chi connectivity index (χ1v) is 9.81. The normalized spacial score (nSPS) is 13.6. The van der Waals surface area contributed by atoms with Gasteiger partial charge >= 0.3 is 12.0 Å². The van der Waals surface area contributed by atoms with Crippen LogP contribution < -0.4 is 16.0 Å². The van der Waals surface area contributed by atoms with Crippen molar-refractivity contribution in [3.8, 4) is 0 Å². The molecule has 0 unspecified atom stereocenters. The zero-order valence-electron chi connectivity index (χ0n) is 16.4. The summed E-state index contributed by atoms with van der Waals surface area (Å²) in [4.78, 5) is 36.0. The van der Waals surface area contributed by atoms with E-state index in [0.29, 0.717) is 29.1 Å². The summed E-state index contributed by atoms with van der Waals surface area (Å²) < 4.78 is 4.92. The fourth-order valence-electron chi connectivity index (χ4n) is 3.24. The molecular formula is C22H25N3O4. The lowest BCUT2D eigenvalue weighted by Crippen LogP contribution is -2.32. The smallest absolute Gasteiger partial charge is 0.338 e. The van der Waals surface area contributed by atoms with Crippen LogP contribution in [-0.2, 0) is 4.74 Å². The number of esters is 1. The number of ether oxygens (including phenoxy) is 1. The standard InChI is InChI=1S/C22H25N3O4/c1-2-29-21(27)16-9-13-19(14-10-16)25-22(28)24-18-11-7-15(8-12-18)20(26)23-17-5-3-4-6-17/h7-14,17H,2-6H2,1H3,(H,23,26)(H2,24,25,28). The van der Waals surface area contributed by atoms with Crippen LogP contribution in [-0.4, -0.2) is 30.6 Å². The Bertz CT molecular complexity index is 857. The van der Waals surface area contributed by atoms with Gasteiger partial charge in [-0.3, -0.25) is 4.79 Å². The van der Waals surface area contributed by atoms with Crippen molar-refractivity contribution < 1.29 is 19.1 Å². The maximum absolute atomic E-state index is 12.2. The van der Waals surface area contributed by atoms with Crippen LogP contribution in [0.3, 0.4) is 0 Å². The van der Waals surface area contributed by atoms with Gasteiger partial charge in [-0.05, 0) is 68.3 Å². The molecule has 1 aliphatic rings. The van der Waals surface area contributed by atoms with Crippen LogP contribution in [0.4, 0.5) is 16.2 Å². The molecule has 3 rings (SSSR count). The summed E-state index contributed by atoms with van der Waals surface area (Å²) in [6.07, 6.45) is 4.39. The van der Waals surface area contributed by atoms with Gasteiger partial charge < -0.3 is 20.7 Å². The Morgan fingerprint density at radius 2 is 1.38 bits per heavy atom. The molecule has 0 atom stereocenters. The lowest BCUT2D eigenvalue weighted by molar-refractivity contribution is 0.0526. The largest absolute Gasteiger partial charge is 0.462 e. The van der Waals surface area contributed by atoms with Crippen LogP contribution >= 0.6 is 0 Å². The topological polar surface area (TPSA) is 96.5 Å². The second kappa shape index (κ2) is 9.73. The molecule has 29 heavy (non-hydrogen) atoms. The molecule has 0 saturated heterocycles. The van der Waals surface area contributed by atoms with Crippen LogP contribution in [0.15, 0.2) is 48.5 Å². The fraction of sp³-hybridized carbons (Fsp3) is 0.318. The number of hydrogen-bond donors (Lipinski definition) is 3. The minimum absolute atomic E-state index is 0.0883. The second-order valence-electron chi connectivity index (χ2n) is 6.91. The van der Waals surface area contributed by atoms with Gasteiger partial charge in [0, 0.05) is 23.0 Å². The Hall–Kier alpha value is -3.35. The van der Waals surface area contributed by atoms with Gasteiger partial charge in [0.25, 0.3) is 5.91 Å². The Balaban J connectivity index is 1.51. The summed E-state index contributed by atoms with van der Waals surface area (Å²) in [5.74, 6) is -0.491. The molecule has 3 amide bonds. The highest BCUT2D eigenvalue weighted by molar-refractivity contribution is 6.01. The molecule has 3 N–H and O–H groups in total. The third-order valence-corrected chi connectivity index (χ3v) is 4.75. The van der Waals surface area contributed by atoms with E-state index < -0.39 is 12.0 Å². The Morgan fingerprint density at radius 3 is 1.90 bits per heavy atom. The molecule has 0 spiro atoms. The first kappa shape index (κ1) is 20.4. The average Bonchev–Trinajstić information content (AvgIpc) is 3.22. The second-order valence-corrected chi connectivity index (χ2v) is 6.91. The number of nitrogens with one attached hydrogen (secondary N) is 3. The van der Waals surface area contributed by atoms with Crippen molar-refractivity contribution in [1.29, 1.82) is 0 Å². The summed E-state index contributed by atoms with van der Waals surface area (Å²) >= 11 is 0. The highest BCUT2D eigenvalue weighted by atomic mass is 16.5. The predicted octanol–water partition coefficient (Wildman–Crippen LogP) is 4.18. The molecule has 1 saturated carbocycles. The van der Waals surface area contributed by atoms with Crippen LogP contribution in [0.1, 0.15) is 53.3 Å². The fourth-order valence-corrected chi connectivity index (χ4v) is 3.24. The molecule has 7 nitrogen and oxygen atoms in total. The molecule has 2 aromatic carbocycles. The van der Waals surface area contributed by atoms with E-state index in [9.17, 15) is 14.4 Å². The molecule has 1 aliphatic carbocycles. The van der Waals surface area contributed by atoms with Gasteiger partial charge in [-0.1, -0.05) is 12.8 Å². The predicted molar refractivity (Wildman–Crippen MR) is 111 cm³/mol. The SMILES string of the molecule is CCOC(=O)c1ccc(NC(=O)Nc2ccc(C(=O)NC3CCCC3)cc2)cc1. The number of hydrogen-bond acceptors (Lipinski definition) is 4. The molecule has 0 aliphatic heterocycles. The van der Waals surface area contributed by atoms with E-state index in [4.69, 9.17) is 4.74 Å². The maximum atomic E-state index is 12.2. The molecule has 0 radical (unpaired) electrons. The van der Waals surface area contributed by atoms with Gasteiger partial charge in [0.15, 0.2) is 0 Å². The van der Waals surface area contributed by atoms with E-state index in [-0.39, 0.29) is 11.9 Å². The van der Waals surface area contributed by atoms with Gasteiger partial charge in [-0.25, -0.2) is 9.59 Å². The van der Waals surface area contributed by atoms with E-state index in [1.807, 2.05) is 0 Å². The average molecular weight is 395 g/mol. The summed E-state index contributed by atoms with van der Waals surface area (Å²) in [5.41, 5.74) is 2.10. The first-order chi connectivity index (χ1) is 14.0. The minimum Gasteiger partial charge on any atom is -0.462 e. The van der Waals surface area contributed by atoms with E-state index in [0.717, 1.165) is 25.7 Å². The Labute approximate surface area is 169 Å². The number of carbonyl (C=O) groups excluding carboxylic acids is 3. The Morgan fingerprint density at radius 1 is 0.862 bits per heavy atom. The monoisotopic (exact) mass is 395 g/mol. The minimum atomic E-state index is -0.419. The highest BCUT2D eigenvalue weighted by Crippen LogP contribution is 2.18. The summed E-state index contributed by atoms with van der Waals surface area (Å²) in [6.45, 7) is 2.05. The first-order valence-electron chi connectivity index (χ1n) is 9.81. The molecule has 0 heterocycles. The molecule has 2 aromatic rings. The zero-order valence-corrected chi connectivity index (χ0v) is 16.4. The van der Waals surface area contributed by atoms with Gasteiger partial charge in [-0.2, -0.15) is 0 Å². The van der Waals surface area contributed by atoms with Crippen molar-refractivity contribution in [3.63, 3.8) is 0 Å². The maximum Gasteiger partial charge on any atom is 0.338 e. The van der Waals surface area contributed by atoms with Crippen molar-refractivity contribution in [2.75, 3.05) is 17.2 Å².